The molecule has 0 aliphatic heterocycles. The van der Waals surface area contributed by atoms with Crippen LogP contribution in [0.3, 0.4) is 0 Å². The normalized spacial score (nSPS) is 18.6. The highest BCUT2D eigenvalue weighted by atomic mass is 35.5. The topological polar surface area (TPSA) is 52.0 Å². The van der Waals surface area contributed by atoms with Gasteiger partial charge in [-0.3, -0.25) is 0 Å². The third-order valence-corrected chi connectivity index (χ3v) is 4.53. The first-order valence-corrected chi connectivity index (χ1v) is 6.88. The monoisotopic (exact) mass is 264 g/mol. The molecule has 4 heteroatoms. The first kappa shape index (κ1) is 11.8. The number of nitrogens with two attached hydrogens (primary N) is 1. The zero-order valence-corrected chi connectivity index (χ0v) is 11.3. The van der Waals surface area contributed by atoms with Crippen LogP contribution in [0.25, 0.3) is 11.1 Å². The van der Waals surface area contributed by atoms with E-state index in [-0.39, 0.29) is 5.41 Å². The van der Waals surface area contributed by atoms with E-state index in [9.17, 15) is 0 Å². The largest absolute Gasteiger partial charge is 0.440 e. The summed E-state index contributed by atoms with van der Waals surface area (Å²) in [7, 11) is 0. The Morgan fingerprint density at radius 2 is 2.11 bits per heavy atom. The van der Waals surface area contributed by atoms with Gasteiger partial charge in [0.2, 0.25) is 5.89 Å². The van der Waals surface area contributed by atoms with Crippen molar-refractivity contribution in [2.75, 3.05) is 5.73 Å². The molecule has 1 aromatic heterocycles. The van der Waals surface area contributed by atoms with Crippen LogP contribution in [-0.2, 0) is 5.41 Å². The maximum atomic E-state index is 6.02. The highest BCUT2D eigenvalue weighted by Crippen LogP contribution is 2.44. The molecule has 0 unspecified atom stereocenters. The van der Waals surface area contributed by atoms with Gasteiger partial charge in [-0.15, -0.1) is 0 Å². The van der Waals surface area contributed by atoms with Gasteiger partial charge in [0, 0.05) is 11.5 Å². The molecule has 0 atom stereocenters. The van der Waals surface area contributed by atoms with E-state index in [1.807, 2.05) is 0 Å². The van der Waals surface area contributed by atoms with Gasteiger partial charge in [-0.1, -0.05) is 31.4 Å². The smallest absolute Gasteiger partial charge is 0.201 e. The molecule has 3 rings (SSSR count). The van der Waals surface area contributed by atoms with E-state index in [1.54, 1.807) is 12.1 Å². The van der Waals surface area contributed by atoms with E-state index in [4.69, 9.17) is 21.8 Å². The number of aromatic nitrogens is 1. The van der Waals surface area contributed by atoms with Gasteiger partial charge in [-0.25, -0.2) is 4.98 Å². The maximum Gasteiger partial charge on any atom is 0.201 e. The van der Waals surface area contributed by atoms with Crippen LogP contribution in [0.15, 0.2) is 16.5 Å². The number of oxazole rings is 1. The van der Waals surface area contributed by atoms with Crippen molar-refractivity contribution < 1.29 is 4.42 Å². The molecule has 3 nitrogen and oxygen atoms in total. The van der Waals surface area contributed by atoms with E-state index >= 15 is 0 Å². The lowest BCUT2D eigenvalue weighted by molar-refractivity contribution is 0.326. The molecule has 1 aliphatic carbocycles. The Kier molecular flexibility index (Phi) is 2.74. The molecule has 1 heterocycles. The van der Waals surface area contributed by atoms with Crippen LogP contribution in [0.2, 0.25) is 5.02 Å². The molecule has 1 aliphatic rings. The van der Waals surface area contributed by atoms with Crippen LogP contribution in [-0.4, -0.2) is 4.98 Å². The van der Waals surface area contributed by atoms with Gasteiger partial charge in [0.25, 0.3) is 0 Å². The number of halogens is 1. The molecular formula is C14H17ClN2O. The van der Waals surface area contributed by atoms with Crippen LogP contribution in [0, 0.1) is 0 Å². The molecule has 0 saturated heterocycles. The second-order valence-corrected chi connectivity index (χ2v) is 5.61. The number of hydrogen-bond acceptors (Lipinski definition) is 3. The minimum absolute atomic E-state index is 0.125. The summed E-state index contributed by atoms with van der Waals surface area (Å²) < 4.78 is 5.93. The first-order valence-electron chi connectivity index (χ1n) is 6.51. The average Bonchev–Trinajstić information content (AvgIpc) is 2.96. The fourth-order valence-electron chi connectivity index (χ4n) is 2.96. The predicted molar refractivity (Wildman–Crippen MR) is 73.9 cm³/mol. The molecule has 1 saturated carbocycles. The first-order chi connectivity index (χ1) is 8.64. The van der Waals surface area contributed by atoms with Crippen LogP contribution in [0.5, 0.6) is 0 Å². The molecule has 18 heavy (non-hydrogen) atoms. The third-order valence-electron chi connectivity index (χ3n) is 4.20. The Hall–Kier alpha value is -1.22. The Bertz CT molecular complexity index is 546. The summed E-state index contributed by atoms with van der Waals surface area (Å²) in [6.07, 6.45) is 5.92. The summed E-state index contributed by atoms with van der Waals surface area (Å²) in [5.41, 5.74) is 8.02. The lowest BCUT2D eigenvalue weighted by Crippen LogP contribution is -2.20. The fraction of sp³-hybridized carbons (Fsp3) is 0.500. The van der Waals surface area contributed by atoms with Gasteiger partial charge in [0.05, 0.1) is 10.7 Å². The van der Waals surface area contributed by atoms with Crippen molar-refractivity contribution in [3.63, 3.8) is 0 Å². The Labute approximate surface area is 111 Å². The van der Waals surface area contributed by atoms with Crippen molar-refractivity contribution in [1.29, 1.82) is 0 Å². The number of nitrogens with zero attached hydrogens (tertiary/aromatic N) is 1. The molecule has 2 N–H and O–H groups in total. The van der Waals surface area contributed by atoms with Crippen LogP contribution >= 0.6 is 11.6 Å². The number of rotatable bonds is 2. The Morgan fingerprint density at radius 1 is 1.39 bits per heavy atom. The van der Waals surface area contributed by atoms with Crippen LogP contribution in [0.4, 0.5) is 5.69 Å². The van der Waals surface area contributed by atoms with Gasteiger partial charge in [-0.05, 0) is 25.3 Å². The van der Waals surface area contributed by atoms with Gasteiger partial charge >= 0.3 is 0 Å². The molecule has 0 bridgehead atoms. The number of fused-ring (bicyclic) bond motifs is 1. The van der Waals surface area contributed by atoms with Crippen molar-refractivity contribution in [2.24, 2.45) is 0 Å². The summed E-state index contributed by atoms with van der Waals surface area (Å²) in [6, 6.07) is 3.56. The van der Waals surface area contributed by atoms with Crippen molar-refractivity contribution >= 4 is 28.4 Å². The molecule has 0 spiro atoms. The van der Waals surface area contributed by atoms with Gasteiger partial charge < -0.3 is 10.2 Å². The lowest BCUT2D eigenvalue weighted by Gasteiger charge is -2.22. The summed E-state index contributed by atoms with van der Waals surface area (Å²) in [4.78, 5) is 4.63. The molecular weight excluding hydrogens is 248 g/mol. The van der Waals surface area contributed by atoms with Crippen molar-refractivity contribution in [2.45, 2.75) is 44.4 Å². The van der Waals surface area contributed by atoms with Crippen LogP contribution in [0.1, 0.15) is 44.9 Å². The van der Waals surface area contributed by atoms with Gasteiger partial charge in [0.15, 0.2) is 5.58 Å². The lowest BCUT2D eigenvalue weighted by atomic mass is 9.83. The SMILES string of the molecule is CCC1(c2nc3cc(Cl)c(N)cc3o2)CCCC1. The zero-order valence-electron chi connectivity index (χ0n) is 10.5. The Morgan fingerprint density at radius 3 is 2.78 bits per heavy atom. The molecule has 96 valence electrons. The fourth-order valence-corrected chi connectivity index (χ4v) is 3.12. The highest BCUT2D eigenvalue weighted by molar-refractivity contribution is 6.33. The van der Waals surface area contributed by atoms with Crippen LogP contribution < -0.4 is 5.73 Å². The summed E-state index contributed by atoms with van der Waals surface area (Å²) in [5.74, 6) is 0.860. The second-order valence-electron chi connectivity index (χ2n) is 5.20. The van der Waals surface area contributed by atoms with E-state index in [0.29, 0.717) is 10.7 Å². The summed E-state index contributed by atoms with van der Waals surface area (Å²) in [5, 5.41) is 0.541. The number of anilines is 1. The molecule has 1 fully saturated rings. The number of nitrogen functional groups attached to an aromatic ring is 1. The van der Waals surface area contributed by atoms with E-state index in [2.05, 4.69) is 11.9 Å². The Balaban J connectivity index is 2.13. The van der Waals surface area contributed by atoms with Crippen molar-refractivity contribution in [3.8, 4) is 0 Å². The number of hydrogen-bond donors (Lipinski definition) is 1. The number of benzene rings is 1. The van der Waals surface area contributed by atoms with E-state index in [0.717, 1.165) is 23.4 Å². The third kappa shape index (κ3) is 1.69. The average molecular weight is 265 g/mol. The highest BCUT2D eigenvalue weighted by Gasteiger charge is 2.38. The minimum atomic E-state index is 0.125. The van der Waals surface area contributed by atoms with Crippen molar-refractivity contribution in [1.82, 2.24) is 4.98 Å². The molecule has 0 radical (unpaired) electrons. The van der Waals surface area contributed by atoms with Gasteiger partial charge in [0.1, 0.15) is 5.52 Å². The van der Waals surface area contributed by atoms with Crippen molar-refractivity contribution in [3.05, 3.63) is 23.0 Å². The molecule has 2 aromatic rings. The second kappa shape index (κ2) is 4.16. The summed E-state index contributed by atoms with van der Waals surface area (Å²) in [6.45, 7) is 2.21. The zero-order chi connectivity index (χ0) is 12.8. The molecule has 0 amide bonds. The molecule has 1 aromatic carbocycles. The maximum absolute atomic E-state index is 6.02. The predicted octanol–water partition coefficient (Wildman–Crippen LogP) is 4.29. The van der Waals surface area contributed by atoms with E-state index in [1.165, 1.54) is 25.7 Å². The summed E-state index contributed by atoms with van der Waals surface area (Å²) >= 11 is 6.02. The standard InChI is InChI=1S/C14H17ClN2O/c1-2-14(5-3-4-6-14)13-17-11-7-9(15)10(16)8-12(11)18-13/h7-8H,2-6,16H2,1H3. The van der Waals surface area contributed by atoms with Gasteiger partial charge in [-0.2, -0.15) is 0 Å². The quantitative estimate of drug-likeness (QED) is 0.824. The van der Waals surface area contributed by atoms with E-state index < -0.39 is 0 Å². The minimum Gasteiger partial charge on any atom is -0.440 e.